The van der Waals surface area contributed by atoms with Crippen LogP contribution in [0, 0.1) is 6.92 Å². The van der Waals surface area contributed by atoms with Crippen LogP contribution in [-0.4, -0.2) is 19.2 Å². The molecule has 22 heavy (non-hydrogen) atoms. The van der Waals surface area contributed by atoms with Crippen molar-refractivity contribution in [1.29, 1.82) is 0 Å². The van der Waals surface area contributed by atoms with Crippen LogP contribution in [0.25, 0.3) is 23.3 Å². The van der Waals surface area contributed by atoms with Gasteiger partial charge in [0.05, 0.1) is 14.2 Å². The number of fused-ring (bicyclic) bond motifs is 1. The van der Waals surface area contributed by atoms with Gasteiger partial charge in [0.1, 0.15) is 5.52 Å². The molecule has 0 N–H and O–H groups in total. The van der Waals surface area contributed by atoms with Gasteiger partial charge >= 0.3 is 0 Å². The molecule has 0 aliphatic heterocycles. The largest absolute Gasteiger partial charge is 0.493 e. The number of aryl methyl sites for hydroxylation is 1. The first-order chi connectivity index (χ1) is 10.7. The molecule has 0 fully saturated rings. The molecule has 3 rings (SSSR count). The molecule has 0 aliphatic carbocycles. The Kier molecular flexibility index (Phi) is 3.83. The lowest BCUT2D eigenvalue weighted by atomic mass is 10.2. The normalized spacial score (nSPS) is 11.2. The van der Waals surface area contributed by atoms with Crippen LogP contribution in [0.4, 0.5) is 0 Å². The second kappa shape index (κ2) is 5.93. The van der Waals surface area contributed by atoms with Crippen LogP contribution in [0.1, 0.15) is 17.0 Å². The van der Waals surface area contributed by atoms with Crippen LogP contribution in [0.3, 0.4) is 0 Å². The van der Waals surface area contributed by atoms with Crippen molar-refractivity contribution < 1.29 is 13.9 Å². The van der Waals surface area contributed by atoms with E-state index in [9.17, 15) is 0 Å². The number of methoxy groups -OCH3 is 2. The van der Waals surface area contributed by atoms with Crippen molar-refractivity contribution in [3.05, 3.63) is 53.4 Å². The minimum atomic E-state index is 0.582. The summed E-state index contributed by atoms with van der Waals surface area (Å²) in [5.41, 5.74) is 3.78. The minimum Gasteiger partial charge on any atom is -0.493 e. The van der Waals surface area contributed by atoms with Gasteiger partial charge in [-0.3, -0.25) is 0 Å². The first-order valence-electron chi connectivity index (χ1n) is 6.97. The Labute approximate surface area is 129 Å². The van der Waals surface area contributed by atoms with Gasteiger partial charge < -0.3 is 13.9 Å². The summed E-state index contributed by atoms with van der Waals surface area (Å²) in [5.74, 6) is 1.98. The molecule has 0 spiro atoms. The zero-order valence-electron chi connectivity index (χ0n) is 12.8. The predicted octanol–water partition coefficient (Wildman–Crippen LogP) is 4.32. The fourth-order valence-electron chi connectivity index (χ4n) is 2.30. The van der Waals surface area contributed by atoms with Crippen molar-refractivity contribution in [2.24, 2.45) is 0 Å². The predicted molar refractivity (Wildman–Crippen MR) is 87.2 cm³/mol. The van der Waals surface area contributed by atoms with E-state index in [1.807, 2.05) is 55.5 Å². The van der Waals surface area contributed by atoms with E-state index in [0.717, 1.165) is 22.2 Å². The first-order valence-corrected chi connectivity index (χ1v) is 6.97. The summed E-state index contributed by atoms with van der Waals surface area (Å²) in [6.07, 6.45) is 3.78. The van der Waals surface area contributed by atoms with Gasteiger partial charge in [0.15, 0.2) is 17.1 Å². The monoisotopic (exact) mass is 295 g/mol. The Bertz CT molecular complexity index is 833. The lowest BCUT2D eigenvalue weighted by molar-refractivity contribution is 0.355. The fraction of sp³-hybridized carbons (Fsp3) is 0.167. The summed E-state index contributed by atoms with van der Waals surface area (Å²) in [5, 5.41) is 0. The number of para-hydroxylation sites is 1. The van der Waals surface area contributed by atoms with Gasteiger partial charge in [-0.15, -0.1) is 0 Å². The molecule has 3 aromatic rings. The Hall–Kier alpha value is -2.75. The van der Waals surface area contributed by atoms with Gasteiger partial charge in [-0.2, -0.15) is 0 Å². The van der Waals surface area contributed by atoms with E-state index in [2.05, 4.69) is 4.98 Å². The summed E-state index contributed by atoms with van der Waals surface area (Å²) in [6.45, 7) is 2.02. The third-order valence-electron chi connectivity index (χ3n) is 3.46. The number of rotatable bonds is 4. The van der Waals surface area contributed by atoms with E-state index in [4.69, 9.17) is 13.9 Å². The van der Waals surface area contributed by atoms with Gasteiger partial charge in [0.2, 0.25) is 5.89 Å². The van der Waals surface area contributed by atoms with Crippen LogP contribution in [0.2, 0.25) is 0 Å². The van der Waals surface area contributed by atoms with Crippen LogP contribution >= 0.6 is 0 Å². The van der Waals surface area contributed by atoms with Crippen molar-refractivity contribution in [2.45, 2.75) is 6.92 Å². The molecule has 4 nitrogen and oxygen atoms in total. The molecule has 2 aromatic carbocycles. The van der Waals surface area contributed by atoms with E-state index < -0.39 is 0 Å². The molecule has 0 bridgehead atoms. The number of ether oxygens (including phenoxy) is 2. The number of aromatic nitrogens is 1. The molecule has 112 valence electrons. The van der Waals surface area contributed by atoms with Crippen LogP contribution < -0.4 is 9.47 Å². The lowest BCUT2D eigenvalue weighted by Gasteiger charge is -2.07. The number of hydrogen-bond acceptors (Lipinski definition) is 4. The highest BCUT2D eigenvalue weighted by molar-refractivity contribution is 5.79. The Morgan fingerprint density at radius 3 is 2.55 bits per heavy atom. The van der Waals surface area contributed by atoms with E-state index in [0.29, 0.717) is 17.4 Å². The molecule has 0 saturated heterocycles. The molecule has 1 aromatic heterocycles. The molecule has 0 aliphatic rings. The average molecular weight is 295 g/mol. The van der Waals surface area contributed by atoms with E-state index in [1.165, 1.54) is 0 Å². The molecular formula is C18H17NO3. The summed E-state index contributed by atoms with van der Waals surface area (Å²) in [7, 11) is 3.24. The van der Waals surface area contributed by atoms with Crippen molar-refractivity contribution in [3.63, 3.8) is 0 Å². The zero-order valence-corrected chi connectivity index (χ0v) is 12.8. The quantitative estimate of drug-likeness (QED) is 0.719. The smallest absolute Gasteiger partial charge is 0.220 e. The second-order valence-electron chi connectivity index (χ2n) is 4.92. The second-order valence-corrected chi connectivity index (χ2v) is 4.92. The molecule has 4 heteroatoms. The molecule has 1 heterocycles. The zero-order chi connectivity index (χ0) is 15.5. The maximum absolute atomic E-state index is 5.72. The third-order valence-corrected chi connectivity index (χ3v) is 3.46. The molecule has 0 saturated carbocycles. The molecule has 0 radical (unpaired) electrons. The van der Waals surface area contributed by atoms with Crippen LogP contribution in [0.5, 0.6) is 11.5 Å². The first kappa shape index (κ1) is 14.2. The SMILES string of the molecule is COc1ccc(/C=C/c2nc3c(C)cccc3o2)cc1OC. The van der Waals surface area contributed by atoms with E-state index in [-0.39, 0.29) is 0 Å². The van der Waals surface area contributed by atoms with Crippen LogP contribution in [-0.2, 0) is 0 Å². The maximum Gasteiger partial charge on any atom is 0.220 e. The standard InChI is InChI=1S/C18H17NO3/c1-12-5-4-6-15-18(12)19-17(22-15)10-8-13-7-9-14(20-2)16(11-13)21-3/h4-11H,1-3H3/b10-8+. The van der Waals surface area contributed by atoms with Gasteiger partial charge in [0, 0.05) is 6.08 Å². The molecule has 0 atom stereocenters. The van der Waals surface area contributed by atoms with Crippen LogP contribution in [0.15, 0.2) is 40.8 Å². The van der Waals surface area contributed by atoms with Crippen molar-refractivity contribution in [1.82, 2.24) is 4.98 Å². The highest BCUT2D eigenvalue weighted by Crippen LogP contribution is 2.28. The van der Waals surface area contributed by atoms with Gasteiger partial charge in [-0.25, -0.2) is 4.98 Å². The van der Waals surface area contributed by atoms with E-state index in [1.54, 1.807) is 14.2 Å². The molecular weight excluding hydrogens is 278 g/mol. The van der Waals surface area contributed by atoms with Crippen molar-refractivity contribution >= 4 is 23.3 Å². The van der Waals surface area contributed by atoms with Crippen molar-refractivity contribution in [3.8, 4) is 11.5 Å². The highest BCUT2D eigenvalue weighted by atomic mass is 16.5. The van der Waals surface area contributed by atoms with Gasteiger partial charge in [-0.05, 0) is 42.3 Å². The molecule has 0 amide bonds. The number of oxazole rings is 1. The number of nitrogens with zero attached hydrogens (tertiary/aromatic N) is 1. The Morgan fingerprint density at radius 1 is 1.00 bits per heavy atom. The van der Waals surface area contributed by atoms with Gasteiger partial charge in [0.25, 0.3) is 0 Å². The summed E-state index contributed by atoms with van der Waals surface area (Å²) < 4.78 is 16.2. The van der Waals surface area contributed by atoms with Crippen molar-refractivity contribution in [2.75, 3.05) is 14.2 Å². The highest BCUT2D eigenvalue weighted by Gasteiger charge is 2.06. The number of benzene rings is 2. The summed E-state index contributed by atoms with van der Waals surface area (Å²) in [6, 6.07) is 11.6. The topological polar surface area (TPSA) is 44.5 Å². The third kappa shape index (κ3) is 2.68. The average Bonchev–Trinajstić information content (AvgIpc) is 2.97. The summed E-state index contributed by atoms with van der Waals surface area (Å²) in [4.78, 5) is 4.49. The lowest BCUT2D eigenvalue weighted by Crippen LogP contribution is -1.90. The van der Waals surface area contributed by atoms with Gasteiger partial charge in [-0.1, -0.05) is 18.2 Å². The van der Waals surface area contributed by atoms with E-state index >= 15 is 0 Å². The Balaban J connectivity index is 1.91. The number of hydrogen-bond donors (Lipinski definition) is 0. The molecule has 0 unspecified atom stereocenters. The maximum atomic E-state index is 5.72. The Morgan fingerprint density at radius 2 is 1.82 bits per heavy atom. The minimum absolute atomic E-state index is 0.582. The fourth-order valence-corrected chi connectivity index (χ4v) is 2.30. The summed E-state index contributed by atoms with van der Waals surface area (Å²) >= 11 is 0.